The molecule has 0 atom stereocenters. The van der Waals surface area contributed by atoms with Crippen LogP contribution in [0.2, 0.25) is 5.02 Å². The number of hydrogen-bond donors (Lipinski definition) is 1. The van der Waals surface area contributed by atoms with Crippen LogP contribution in [0.4, 0.5) is 5.95 Å². The molecule has 0 radical (unpaired) electrons. The lowest BCUT2D eigenvalue weighted by atomic mass is 10.2. The third kappa shape index (κ3) is 2.85. The predicted molar refractivity (Wildman–Crippen MR) is 64.7 cm³/mol. The summed E-state index contributed by atoms with van der Waals surface area (Å²) in [5, 5.41) is 9.03. The Kier molecular flexibility index (Phi) is 3.78. The van der Waals surface area contributed by atoms with Crippen LogP contribution in [0.25, 0.3) is 0 Å². The summed E-state index contributed by atoms with van der Waals surface area (Å²) in [6, 6.07) is 0. The van der Waals surface area contributed by atoms with Gasteiger partial charge < -0.3 is 10.0 Å². The Morgan fingerprint density at radius 3 is 2.53 bits per heavy atom. The van der Waals surface area contributed by atoms with Crippen LogP contribution in [0.3, 0.4) is 0 Å². The molecule has 1 aromatic heterocycles. The molecule has 5 nitrogen and oxygen atoms in total. The van der Waals surface area contributed by atoms with Crippen LogP contribution in [0.15, 0.2) is 6.20 Å². The molecule has 92 valence electrons. The minimum absolute atomic E-state index is 0.0797. The van der Waals surface area contributed by atoms with Crippen LogP contribution < -0.4 is 4.90 Å². The smallest absolute Gasteiger partial charge is 0.356 e. The molecule has 1 aliphatic rings. The lowest BCUT2D eigenvalue weighted by Gasteiger charge is -2.20. The minimum Gasteiger partial charge on any atom is -0.476 e. The zero-order valence-electron chi connectivity index (χ0n) is 9.40. The maximum atomic E-state index is 10.9. The number of carbonyl (C=O) groups is 1. The number of nitrogens with zero attached hydrogens (tertiary/aromatic N) is 3. The second-order valence-electron chi connectivity index (χ2n) is 4.07. The van der Waals surface area contributed by atoms with Crippen LogP contribution in [0.5, 0.6) is 0 Å². The van der Waals surface area contributed by atoms with E-state index in [-0.39, 0.29) is 10.7 Å². The molecule has 1 saturated heterocycles. The molecular formula is C11H14ClN3O2. The van der Waals surface area contributed by atoms with Crippen LogP contribution in [0.1, 0.15) is 36.2 Å². The van der Waals surface area contributed by atoms with Gasteiger partial charge in [0.15, 0.2) is 5.69 Å². The second-order valence-corrected chi connectivity index (χ2v) is 4.48. The SMILES string of the molecule is O=C(O)c1nc(N2CCCCCC2)ncc1Cl. The molecule has 1 N–H and O–H groups in total. The molecule has 0 aromatic carbocycles. The fourth-order valence-corrected chi connectivity index (χ4v) is 2.10. The number of halogens is 1. The van der Waals surface area contributed by atoms with Crippen molar-refractivity contribution in [3.05, 3.63) is 16.9 Å². The third-order valence-electron chi connectivity index (χ3n) is 2.82. The first-order valence-corrected chi connectivity index (χ1v) is 6.07. The maximum absolute atomic E-state index is 10.9. The summed E-state index contributed by atoms with van der Waals surface area (Å²) in [6.45, 7) is 1.75. The Labute approximate surface area is 104 Å². The number of rotatable bonds is 2. The van der Waals surface area contributed by atoms with Gasteiger partial charge in [-0.25, -0.2) is 14.8 Å². The monoisotopic (exact) mass is 255 g/mol. The van der Waals surface area contributed by atoms with E-state index in [9.17, 15) is 4.79 Å². The van der Waals surface area contributed by atoms with Crippen LogP contribution in [-0.2, 0) is 0 Å². The zero-order valence-corrected chi connectivity index (χ0v) is 10.2. The first-order valence-electron chi connectivity index (χ1n) is 5.69. The fourth-order valence-electron chi connectivity index (χ4n) is 1.93. The van der Waals surface area contributed by atoms with Crippen molar-refractivity contribution in [2.24, 2.45) is 0 Å². The lowest BCUT2D eigenvalue weighted by molar-refractivity contribution is 0.0690. The molecule has 2 rings (SSSR count). The van der Waals surface area contributed by atoms with E-state index >= 15 is 0 Å². The Morgan fingerprint density at radius 2 is 1.94 bits per heavy atom. The molecule has 0 bridgehead atoms. The van der Waals surface area contributed by atoms with Crippen molar-refractivity contribution >= 4 is 23.5 Å². The van der Waals surface area contributed by atoms with Crippen LogP contribution in [-0.4, -0.2) is 34.1 Å². The fraction of sp³-hybridized carbons (Fsp3) is 0.545. The van der Waals surface area contributed by atoms with E-state index in [1.54, 1.807) is 0 Å². The van der Waals surface area contributed by atoms with Gasteiger partial charge in [-0.15, -0.1) is 0 Å². The quantitative estimate of drug-likeness (QED) is 0.878. The van der Waals surface area contributed by atoms with Crippen molar-refractivity contribution in [3.8, 4) is 0 Å². The van der Waals surface area contributed by atoms with E-state index in [1.807, 2.05) is 4.90 Å². The average molecular weight is 256 g/mol. The van der Waals surface area contributed by atoms with Crippen molar-refractivity contribution in [2.45, 2.75) is 25.7 Å². The summed E-state index contributed by atoms with van der Waals surface area (Å²) in [5.41, 5.74) is -0.124. The standard InChI is InChI=1S/C11H14ClN3O2/c12-8-7-13-11(14-9(8)10(16)17)15-5-3-1-2-4-6-15/h7H,1-6H2,(H,16,17). The first kappa shape index (κ1) is 12.1. The maximum Gasteiger partial charge on any atom is 0.356 e. The van der Waals surface area contributed by atoms with Gasteiger partial charge in [-0.2, -0.15) is 0 Å². The largest absolute Gasteiger partial charge is 0.476 e. The predicted octanol–water partition coefficient (Wildman–Crippen LogP) is 2.21. The van der Waals surface area contributed by atoms with E-state index in [0.717, 1.165) is 25.9 Å². The Hall–Kier alpha value is -1.36. The summed E-state index contributed by atoms with van der Waals surface area (Å²) >= 11 is 5.74. The van der Waals surface area contributed by atoms with E-state index in [4.69, 9.17) is 16.7 Å². The number of carboxylic acid groups (broad SMARTS) is 1. The van der Waals surface area contributed by atoms with Crippen molar-refractivity contribution in [1.29, 1.82) is 0 Å². The number of aromatic nitrogens is 2. The van der Waals surface area contributed by atoms with Gasteiger partial charge in [0, 0.05) is 13.1 Å². The molecule has 1 fully saturated rings. The molecule has 1 aliphatic heterocycles. The van der Waals surface area contributed by atoms with Gasteiger partial charge in [0.2, 0.25) is 5.95 Å². The van der Waals surface area contributed by atoms with E-state index in [0.29, 0.717) is 5.95 Å². The molecule has 0 amide bonds. The van der Waals surface area contributed by atoms with Crippen LogP contribution in [0, 0.1) is 0 Å². The summed E-state index contributed by atoms with van der Waals surface area (Å²) in [4.78, 5) is 21.1. The average Bonchev–Trinajstić information content (AvgIpc) is 2.58. The van der Waals surface area contributed by atoms with Gasteiger partial charge in [-0.3, -0.25) is 0 Å². The molecule has 0 unspecified atom stereocenters. The lowest BCUT2D eigenvalue weighted by Crippen LogP contribution is -2.26. The number of anilines is 1. The summed E-state index contributed by atoms with van der Waals surface area (Å²) < 4.78 is 0. The highest BCUT2D eigenvalue weighted by Crippen LogP contribution is 2.19. The molecule has 6 heteroatoms. The van der Waals surface area contributed by atoms with E-state index in [2.05, 4.69) is 9.97 Å². The minimum atomic E-state index is -1.12. The summed E-state index contributed by atoms with van der Waals surface area (Å²) in [5.74, 6) is -0.651. The highest BCUT2D eigenvalue weighted by atomic mass is 35.5. The summed E-state index contributed by atoms with van der Waals surface area (Å²) in [6.07, 6.45) is 5.95. The first-order chi connectivity index (χ1) is 8.18. The Morgan fingerprint density at radius 1 is 1.29 bits per heavy atom. The third-order valence-corrected chi connectivity index (χ3v) is 3.10. The highest BCUT2D eigenvalue weighted by molar-refractivity contribution is 6.33. The Bertz CT molecular complexity index is 417. The van der Waals surface area contributed by atoms with Crippen molar-refractivity contribution in [3.63, 3.8) is 0 Å². The zero-order chi connectivity index (χ0) is 12.3. The van der Waals surface area contributed by atoms with Gasteiger partial charge in [0.05, 0.1) is 11.2 Å². The molecule has 0 aliphatic carbocycles. The van der Waals surface area contributed by atoms with Gasteiger partial charge in [-0.05, 0) is 12.8 Å². The molecule has 0 saturated carbocycles. The van der Waals surface area contributed by atoms with E-state index < -0.39 is 5.97 Å². The molecule has 1 aromatic rings. The summed E-state index contributed by atoms with van der Waals surface area (Å²) in [7, 11) is 0. The van der Waals surface area contributed by atoms with Crippen molar-refractivity contribution in [2.75, 3.05) is 18.0 Å². The molecule has 17 heavy (non-hydrogen) atoms. The van der Waals surface area contributed by atoms with E-state index in [1.165, 1.54) is 19.0 Å². The van der Waals surface area contributed by atoms with Gasteiger partial charge in [-0.1, -0.05) is 24.4 Å². The van der Waals surface area contributed by atoms with Gasteiger partial charge >= 0.3 is 5.97 Å². The Balaban J connectivity index is 2.25. The van der Waals surface area contributed by atoms with Crippen molar-refractivity contribution < 1.29 is 9.90 Å². The van der Waals surface area contributed by atoms with Gasteiger partial charge in [0.1, 0.15) is 0 Å². The number of aromatic carboxylic acids is 1. The van der Waals surface area contributed by atoms with Gasteiger partial charge in [0.25, 0.3) is 0 Å². The second kappa shape index (κ2) is 5.31. The normalized spacial score (nSPS) is 16.6. The van der Waals surface area contributed by atoms with Crippen molar-refractivity contribution in [1.82, 2.24) is 9.97 Å². The number of hydrogen-bond acceptors (Lipinski definition) is 4. The number of carboxylic acids is 1. The molecule has 0 spiro atoms. The molecular weight excluding hydrogens is 242 g/mol. The van der Waals surface area contributed by atoms with Crippen LogP contribution >= 0.6 is 11.6 Å². The highest BCUT2D eigenvalue weighted by Gasteiger charge is 2.17. The topological polar surface area (TPSA) is 66.3 Å². The molecule has 2 heterocycles.